The standard InChI is InChI=1S/C13H17FN2O2S/c1-3-9-8-10-12(19-9)15-11(4-7-18-2)16(6-5-14)13(10)17/h8H,3-7H2,1-2H3. The Morgan fingerprint density at radius 2 is 2.32 bits per heavy atom. The van der Waals surface area contributed by atoms with Crippen molar-refractivity contribution >= 4 is 21.6 Å². The first-order valence-electron chi connectivity index (χ1n) is 6.28. The normalized spacial score (nSPS) is 11.3. The van der Waals surface area contributed by atoms with Crippen LogP contribution >= 0.6 is 11.3 Å². The molecular weight excluding hydrogens is 267 g/mol. The molecule has 19 heavy (non-hydrogen) atoms. The number of rotatable bonds is 6. The Kier molecular flexibility index (Phi) is 4.66. The van der Waals surface area contributed by atoms with Crippen molar-refractivity contribution in [2.24, 2.45) is 0 Å². The van der Waals surface area contributed by atoms with Gasteiger partial charge in [0.05, 0.1) is 18.5 Å². The highest BCUT2D eigenvalue weighted by molar-refractivity contribution is 7.18. The Hall–Kier alpha value is -1.27. The van der Waals surface area contributed by atoms with Gasteiger partial charge >= 0.3 is 0 Å². The zero-order valence-electron chi connectivity index (χ0n) is 11.1. The van der Waals surface area contributed by atoms with Gasteiger partial charge in [-0.1, -0.05) is 6.92 Å². The number of halogens is 1. The molecule has 0 aliphatic carbocycles. The van der Waals surface area contributed by atoms with Crippen molar-refractivity contribution in [2.75, 3.05) is 20.4 Å². The van der Waals surface area contributed by atoms with Gasteiger partial charge in [-0.05, 0) is 12.5 Å². The number of hydrogen-bond donors (Lipinski definition) is 0. The molecule has 0 aliphatic heterocycles. The number of hydrogen-bond acceptors (Lipinski definition) is 4. The van der Waals surface area contributed by atoms with Crippen LogP contribution in [0, 0.1) is 0 Å². The van der Waals surface area contributed by atoms with E-state index in [0.29, 0.717) is 24.2 Å². The van der Waals surface area contributed by atoms with E-state index in [4.69, 9.17) is 4.74 Å². The molecule has 0 unspecified atom stereocenters. The SMILES string of the molecule is CCc1cc2c(=O)n(CCF)c(CCOC)nc2s1. The van der Waals surface area contributed by atoms with E-state index in [1.165, 1.54) is 15.9 Å². The summed E-state index contributed by atoms with van der Waals surface area (Å²) in [7, 11) is 1.59. The van der Waals surface area contributed by atoms with E-state index < -0.39 is 6.67 Å². The molecule has 0 aliphatic rings. The van der Waals surface area contributed by atoms with Crippen LogP contribution in [0.25, 0.3) is 10.2 Å². The summed E-state index contributed by atoms with van der Waals surface area (Å²) in [6.07, 6.45) is 1.39. The average Bonchev–Trinajstić information content (AvgIpc) is 2.83. The van der Waals surface area contributed by atoms with E-state index in [2.05, 4.69) is 4.98 Å². The summed E-state index contributed by atoms with van der Waals surface area (Å²) in [5.41, 5.74) is -0.148. The zero-order chi connectivity index (χ0) is 13.8. The largest absolute Gasteiger partial charge is 0.384 e. The quantitative estimate of drug-likeness (QED) is 0.816. The molecule has 2 heterocycles. The van der Waals surface area contributed by atoms with Crippen molar-refractivity contribution in [3.63, 3.8) is 0 Å². The van der Waals surface area contributed by atoms with Gasteiger partial charge in [-0.2, -0.15) is 0 Å². The van der Waals surface area contributed by atoms with Crippen molar-refractivity contribution in [2.45, 2.75) is 26.3 Å². The molecule has 0 saturated heterocycles. The molecule has 2 aromatic heterocycles. The lowest BCUT2D eigenvalue weighted by molar-refractivity contribution is 0.199. The first kappa shape index (κ1) is 14.1. The molecule has 0 aromatic carbocycles. The third-order valence-corrected chi connectivity index (χ3v) is 4.14. The summed E-state index contributed by atoms with van der Waals surface area (Å²) in [6, 6.07) is 1.87. The van der Waals surface area contributed by atoms with Crippen LogP contribution in [0.3, 0.4) is 0 Å². The molecule has 2 aromatic rings. The molecule has 0 atom stereocenters. The number of thiophene rings is 1. The smallest absolute Gasteiger partial charge is 0.262 e. The summed E-state index contributed by atoms with van der Waals surface area (Å²) >= 11 is 1.53. The number of methoxy groups -OCH3 is 1. The average molecular weight is 284 g/mol. The molecular formula is C13H17FN2O2S. The van der Waals surface area contributed by atoms with Crippen LogP contribution in [0.15, 0.2) is 10.9 Å². The van der Waals surface area contributed by atoms with Crippen LogP contribution in [-0.4, -0.2) is 29.9 Å². The fraction of sp³-hybridized carbons (Fsp3) is 0.538. The van der Waals surface area contributed by atoms with E-state index >= 15 is 0 Å². The van der Waals surface area contributed by atoms with E-state index in [9.17, 15) is 9.18 Å². The maximum atomic E-state index is 12.6. The molecule has 0 fully saturated rings. The highest BCUT2D eigenvalue weighted by atomic mass is 32.1. The molecule has 2 rings (SSSR count). The summed E-state index contributed by atoms with van der Waals surface area (Å²) in [5, 5.41) is 0.594. The molecule has 0 amide bonds. The van der Waals surface area contributed by atoms with Crippen LogP contribution < -0.4 is 5.56 Å². The highest BCUT2D eigenvalue weighted by Gasteiger charge is 2.13. The maximum absolute atomic E-state index is 12.6. The van der Waals surface area contributed by atoms with E-state index in [1.54, 1.807) is 7.11 Å². The Morgan fingerprint density at radius 1 is 1.53 bits per heavy atom. The van der Waals surface area contributed by atoms with Gasteiger partial charge in [0.1, 0.15) is 17.3 Å². The van der Waals surface area contributed by atoms with Gasteiger partial charge in [0.25, 0.3) is 5.56 Å². The monoisotopic (exact) mass is 284 g/mol. The van der Waals surface area contributed by atoms with Crippen molar-refractivity contribution in [3.8, 4) is 0 Å². The third-order valence-electron chi connectivity index (χ3n) is 2.97. The van der Waals surface area contributed by atoms with Gasteiger partial charge in [0.15, 0.2) is 0 Å². The Morgan fingerprint density at radius 3 is 2.95 bits per heavy atom. The molecule has 4 nitrogen and oxygen atoms in total. The molecule has 0 saturated carbocycles. The second kappa shape index (κ2) is 6.25. The molecule has 6 heteroatoms. The van der Waals surface area contributed by atoms with Crippen LogP contribution in [0.4, 0.5) is 4.39 Å². The van der Waals surface area contributed by atoms with Gasteiger partial charge in [-0.3, -0.25) is 9.36 Å². The van der Waals surface area contributed by atoms with Crippen molar-refractivity contribution < 1.29 is 9.13 Å². The Labute approximate surface area is 114 Å². The number of aryl methyl sites for hydroxylation is 1. The number of aromatic nitrogens is 2. The van der Waals surface area contributed by atoms with Crippen LogP contribution in [0.1, 0.15) is 17.6 Å². The zero-order valence-corrected chi connectivity index (χ0v) is 11.9. The van der Waals surface area contributed by atoms with E-state index in [-0.39, 0.29) is 12.1 Å². The summed E-state index contributed by atoms with van der Waals surface area (Å²) in [6.45, 7) is 1.99. The number of nitrogens with zero attached hydrogens (tertiary/aromatic N) is 2. The predicted molar refractivity (Wildman–Crippen MR) is 74.8 cm³/mol. The third kappa shape index (κ3) is 2.84. The first-order chi connectivity index (χ1) is 9.21. The van der Waals surface area contributed by atoms with Gasteiger partial charge in [0, 0.05) is 18.4 Å². The van der Waals surface area contributed by atoms with Crippen molar-refractivity contribution in [3.05, 3.63) is 27.1 Å². The Balaban J connectivity index is 2.57. The fourth-order valence-electron chi connectivity index (χ4n) is 1.98. The molecule has 0 bridgehead atoms. The topological polar surface area (TPSA) is 44.1 Å². The van der Waals surface area contributed by atoms with Crippen LogP contribution in [0.5, 0.6) is 0 Å². The van der Waals surface area contributed by atoms with E-state index in [1.807, 2.05) is 13.0 Å². The van der Waals surface area contributed by atoms with Crippen molar-refractivity contribution in [1.29, 1.82) is 0 Å². The first-order valence-corrected chi connectivity index (χ1v) is 7.10. The number of fused-ring (bicyclic) bond motifs is 1. The second-order valence-corrected chi connectivity index (χ2v) is 5.32. The van der Waals surface area contributed by atoms with Gasteiger partial charge in [-0.25, -0.2) is 9.37 Å². The minimum atomic E-state index is -0.572. The lowest BCUT2D eigenvalue weighted by atomic mass is 10.3. The Bertz CT molecular complexity index is 621. The lowest BCUT2D eigenvalue weighted by Crippen LogP contribution is -2.26. The minimum Gasteiger partial charge on any atom is -0.384 e. The summed E-state index contributed by atoms with van der Waals surface area (Å²) in [4.78, 5) is 18.7. The molecule has 0 radical (unpaired) electrons. The lowest BCUT2D eigenvalue weighted by Gasteiger charge is -2.10. The second-order valence-electron chi connectivity index (χ2n) is 4.20. The van der Waals surface area contributed by atoms with Gasteiger partial charge in [-0.15, -0.1) is 11.3 Å². The summed E-state index contributed by atoms with van der Waals surface area (Å²) < 4.78 is 19.1. The molecule has 104 valence electrons. The number of ether oxygens (including phenoxy) is 1. The highest BCUT2D eigenvalue weighted by Crippen LogP contribution is 2.22. The van der Waals surface area contributed by atoms with Gasteiger partial charge < -0.3 is 4.74 Å². The molecule has 0 N–H and O–H groups in total. The molecule has 0 spiro atoms. The van der Waals surface area contributed by atoms with Crippen LogP contribution in [-0.2, 0) is 24.1 Å². The van der Waals surface area contributed by atoms with Crippen molar-refractivity contribution in [1.82, 2.24) is 9.55 Å². The minimum absolute atomic E-state index is 0.0537. The summed E-state index contributed by atoms with van der Waals surface area (Å²) in [5.74, 6) is 0.599. The van der Waals surface area contributed by atoms with Crippen LogP contribution in [0.2, 0.25) is 0 Å². The van der Waals surface area contributed by atoms with E-state index in [0.717, 1.165) is 16.1 Å². The maximum Gasteiger partial charge on any atom is 0.262 e. The number of alkyl halides is 1. The predicted octanol–water partition coefficient (Wildman–Crippen LogP) is 2.18. The fourth-order valence-corrected chi connectivity index (χ4v) is 2.96. The van der Waals surface area contributed by atoms with Gasteiger partial charge in [0.2, 0.25) is 0 Å².